The van der Waals surface area contributed by atoms with E-state index in [1.165, 1.54) is 10.5 Å². The van der Waals surface area contributed by atoms with E-state index >= 15 is 0 Å². The summed E-state index contributed by atoms with van der Waals surface area (Å²) >= 11 is 7.30. The number of ether oxygens (including phenoxy) is 2. The van der Waals surface area contributed by atoms with E-state index < -0.39 is 0 Å². The largest absolute Gasteiger partial charge is 0.493 e. The zero-order valence-corrected chi connectivity index (χ0v) is 14.1. The smallest absolute Gasteiger partial charge is 0.161 e. The first-order valence-electron chi connectivity index (χ1n) is 6.98. The van der Waals surface area contributed by atoms with E-state index in [0.717, 1.165) is 28.6 Å². The molecule has 0 radical (unpaired) electrons. The van der Waals surface area contributed by atoms with E-state index in [4.69, 9.17) is 21.7 Å². The lowest BCUT2D eigenvalue weighted by atomic mass is 10.1. The summed E-state index contributed by atoms with van der Waals surface area (Å²) in [5.41, 5.74) is 2.27. The zero-order chi connectivity index (χ0) is 15.5. The van der Waals surface area contributed by atoms with Crippen molar-refractivity contribution in [3.63, 3.8) is 0 Å². The van der Waals surface area contributed by atoms with Crippen LogP contribution in [0.1, 0.15) is 17.2 Å². The molecule has 3 rings (SSSR count). The second kappa shape index (κ2) is 6.58. The predicted molar refractivity (Wildman–Crippen MR) is 95.4 cm³/mol. The van der Waals surface area contributed by atoms with Crippen LogP contribution in [0.25, 0.3) is 0 Å². The number of hydrogen-bond acceptors (Lipinski definition) is 4. The number of fused-ring (bicyclic) bond motifs is 1. The molecule has 0 spiro atoms. The van der Waals surface area contributed by atoms with E-state index in [9.17, 15) is 0 Å². The summed E-state index contributed by atoms with van der Waals surface area (Å²) in [6.45, 7) is 0. The number of thioether (sulfide) groups is 1. The Morgan fingerprint density at radius 2 is 1.86 bits per heavy atom. The molecule has 5 heteroatoms. The van der Waals surface area contributed by atoms with Gasteiger partial charge in [0.15, 0.2) is 11.5 Å². The molecule has 1 heterocycles. The summed E-state index contributed by atoms with van der Waals surface area (Å²) in [7, 11) is 3.30. The van der Waals surface area contributed by atoms with Crippen molar-refractivity contribution in [3.05, 3.63) is 48.0 Å². The average Bonchev–Trinajstić information content (AvgIpc) is 2.72. The summed E-state index contributed by atoms with van der Waals surface area (Å²) < 4.78 is 10.7. The van der Waals surface area contributed by atoms with Crippen molar-refractivity contribution in [1.82, 2.24) is 0 Å². The van der Waals surface area contributed by atoms with Crippen molar-refractivity contribution < 1.29 is 9.47 Å². The van der Waals surface area contributed by atoms with Crippen LogP contribution < -0.4 is 14.8 Å². The normalized spacial score (nSPS) is 17.2. The van der Waals surface area contributed by atoms with Gasteiger partial charge >= 0.3 is 0 Å². The Kier molecular flexibility index (Phi) is 4.55. The highest BCUT2D eigenvalue weighted by atomic mass is 32.2. The fourth-order valence-electron chi connectivity index (χ4n) is 2.48. The van der Waals surface area contributed by atoms with Gasteiger partial charge in [-0.2, -0.15) is 0 Å². The first-order valence-corrected chi connectivity index (χ1v) is 8.27. The molecule has 0 bridgehead atoms. The Bertz CT molecular complexity index is 703. The molecular weight excluding hydrogens is 314 g/mol. The van der Waals surface area contributed by atoms with Crippen molar-refractivity contribution in [2.24, 2.45) is 0 Å². The molecule has 0 aliphatic carbocycles. The van der Waals surface area contributed by atoms with Gasteiger partial charge in [-0.15, -0.1) is 11.8 Å². The Morgan fingerprint density at radius 3 is 2.64 bits per heavy atom. The molecule has 22 heavy (non-hydrogen) atoms. The number of rotatable bonds is 3. The second-order valence-corrected chi connectivity index (χ2v) is 6.71. The SMILES string of the molecule is COc1ccc([C@@H]2CC(=S)Nc3ccccc3S2)cc1OC. The monoisotopic (exact) mass is 331 g/mol. The van der Waals surface area contributed by atoms with Gasteiger partial charge in [-0.25, -0.2) is 0 Å². The lowest BCUT2D eigenvalue weighted by molar-refractivity contribution is 0.354. The van der Waals surface area contributed by atoms with Gasteiger partial charge in [0.2, 0.25) is 0 Å². The van der Waals surface area contributed by atoms with Crippen molar-refractivity contribution in [3.8, 4) is 11.5 Å². The summed E-state index contributed by atoms with van der Waals surface area (Å²) in [6, 6.07) is 14.3. The molecule has 2 aromatic rings. The van der Waals surface area contributed by atoms with Gasteiger partial charge in [-0.3, -0.25) is 0 Å². The predicted octanol–water partition coefficient (Wildman–Crippen LogP) is 4.68. The Balaban J connectivity index is 1.96. The molecule has 114 valence electrons. The van der Waals surface area contributed by atoms with Gasteiger partial charge in [0.05, 0.1) is 24.9 Å². The summed E-state index contributed by atoms with van der Waals surface area (Å²) in [4.78, 5) is 2.07. The molecule has 0 fully saturated rings. The second-order valence-electron chi connectivity index (χ2n) is 4.97. The molecule has 0 amide bonds. The topological polar surface area (TPSA) is 30.5 Å². The van der Waals surface area contributed by atoms with Crippen LogP contribution in [0.15, 0.2) is 47.4 Å². The van der Waals surface area contributed by atoms with Gasteiger partial charge in [-0.1, -0.05) is 30.4 Å². The summed E-state index contributed by atoms with van der Waals surface area (Å²) in [5, 5.41) is 3.58. The number of benzene rings is 2. The summed E-state index contributed by atoms with van der Waals surface area (Å²) in [6.07, 6.45) is 0.796. The molecule has 1 N–H and O–H groups in total. The van der Waals surface area contributed by atoms with Gasteiger partial charge in [0.25, 0.3) is 0 Å². The number of nitrogens with one attached hydrogen (secondary N) is 1. The van der Waals surface area contributed by atoms with Crippen LogP contribution in [-0.2, 0) is 0 Å². The minimum absolute atomic E-state index is 0.253. The van der Waals surface area contributed by atoms with Crippen molar-refractivity contribution >= 4 is 34.7 Å². The molecular formula is C17H17NO2S2. The number of hydrogen-bond donors (Lipinski definition) is 1. The lowest BCUT2D eigenvalue weighted by Crippen LogP contribution is -2.09. The number of anilines is 1. The van der Waals surface area contributed by atoms with Crippen LogP contribution >= 0.6 is 24.0 Å². The molecule has 1 aliphatic heterocycles. The van der Waals surface area contributed by atoms with Gasteiger partial charge in [0, 0.05) is 16.6 Å². The van der Waals surface area contributed by atoms with Crippen molar-refractivity contribution in [2.75, 3.05) is 19.5 Å². The molecule has 1 aliphatic rings. The van der Waals surface area contributed by atoms with E-state index in [1.807, 2.05) is 36.0 Å². The van der Waals surface area contributed by atoms with Crippen LogP contribution in [0, 0.1) is 0 Å². The van der Waals surface area contributed by atoms with Crippen LogP contribution in [0.2, 0.25) is 0 Å². The highest BCUT2D eigenvalue weighted by molar-refractivity contribution is 7.99. The minimum Gasteiger partial charge on any atom is -0.493 e. The van der Waals surface area contributed by atoms with Crippen LogP contribution in [-0.4, -0.2) is 19.2 Å². The zero-order valence-electron chi connectivity index (χ0n) is 12.5. The highest BCUT2D eigenvalue weighted by Gasteiger charge is 2.22. The molecule has 2 aromatic carbocycles. The molecule has 0 unspecified atom stereocenters. The third-order valence-electron chi connectivity index (χ3n) is 3.58. The maximum absolute atomic E-state index is 5.48. The highest BCUT2D eigenvalue weighted by Crippen LogP contribution is 2.45. The van der Waals surface area contributed by atoms with Gasteiger partial charge in [0.1, 0.15) is 0 Å². The maximum atomic E-state index is 5.48. The first-order chi connectivity index (χ1) is 10.7. The number of thiocarbonyl (C=S) groups is 1. The van der Waals surface area contributed by atoms with E-state index in [-0.39, 0.29) is 5.25 Å². The maximum Gasteiger partial charge on any atom is 0.161 e. The first kappa shape index (κ1) is 15.2. The standard InChI is InChI=1S/C17H17NO2S2/c1-19-13-8-7-11(9-14(13)20-2)16-10-17(21)18-12-5-3-4-6-15(12)22-16/h3-9,16H,10H2,1-2H3,(H,18,21)/t16-/m0/s1. The van der Waals surface area contributed by atoms with Crippen LogP contribution in [0.3, 0.4) is 0 Å². The molecule has 1 atom stereocenters. The third kappa shape index (κ3) is 3.05. The van der Waals surface area contributed by atoms with E-state index in [1.54, 1.807) is 14.2 Å². The Morgan fingerprint density at radius 1 is 1.09 bits per heavy atom. The fraction of sp³-hybridized carbons (Fsp3) is 0.235. The number of methoxy groups -OCH3 is 2. The lowest BCUT2D eigenvalue weighted by Gasteiger charge is -2.16. The molecule has 3 nitrogen and oxygen atoms in total. The van der Waals surface area contributed by atoms with Crippen molar-refractivity contribution in [2.45, 2.75) is 16.6 Å². The Hall–Kier alpha value is -1.72. The minimum atomic E-state index is 0.253. The average molecular weight is 331 g/mol. The van der Waals surface area contributed by atoms with Gasteiger partial charge < -0.3 is 14.8 Å². The molecule has 0 aromatic heterocycles. The van der Waals surface area contributed by atoms with E-state index in [0.29, 0.717) is 0 Å². The Labute approximate surface area is 140 Å². The van der Waals surface area contributed by atoms with Crippen LogP contribution in [0.4, 0.5) is 5.69 Å². The number of para-hydroxylation sites is 1. The van der Waals surface area contributed by atoms with Gasteiger partial charge in [-0.05, 0) is 29.8 Å². The van der Waals surface area contributed by atoms with E-state index in [2.05, 4.69) is 23.5 Å². The van der Waals surface area contributed by atoms with Crippen LogP contribution in [0.5, 0.6) is 11.5 Å². The molecule has 0 saturated carbocycles. The third-order valence-corrected chi connectivity index (χ3v) is 5.18. The summed E-state index contributed by atoms with van der Waals surface area (Å²) in [5.74, 6) is 1.49. The molecule has 0 saturated heterocycles. The van der Waals surface area contributed by atoms with Crippen molar-refractivity contribution in [1.29, 1.82) is 0 Å². The fourth-order valence-corrected chi connectivity index (χ4v) is 4.10. The quantitative estimate of drug-likeness (QED) is 0.825.